The maximum atomic E-state index is 12.3. The van der Waals surface area contributed by atoms with Gasteiger partial charge in [-0.1, -0.05) is 12.2 Å². The maximum Gasteiger partial charge on any atom is 0.102 e. The lowest BCUT2D eigenvalue weighted by molar-refractivity contribution is -0.189. The summed E-state index contributed by atoms with van der Waals surface area (Å²) in [6.07, 6.45) is 10.1. The zero-order valence-corrected chi connectivity index (χ0v) is 12.1. The van der Waals surface area contributed by atoms with Crippen molar-refractivity contribution >= 4 is 0 Å². The predicted octanol–water partition coefficient (Wildman–Crippen LogP) is 2.87. The van der Waals surface area contributed by atoms with Crippen molar-refractivity contribution in [2.75, 3.05) is 19.6 Å². The van der Waals surface area contributed by atoms with Gasteiger partial charge in [-0.2, -0.15) is 4.94 Å². The van der Waals surface area contributed by atoms with Crippen LogP contribution in [0.15, 0.2) is 35.1 Å². The number of likely N-dealkylation sites (tertiary alicyclic amines) is 1. The van der Waals surface area contributed by atoms with Crippen LogP contribution in [0.3, 0.4) is 0 Å². The van der Waals surface area contributed by atoms with E-state index in [-0.39, 0.29) is 6.10 Å². The van der Waals surface area contributed by atoms with Crippen LogP contribution in [-0.4, -0.2) is 36.7 Å². The lowest BCUT2D eigenvalue weighted by Gasteiger charge is -2.37. The smallest absolute Gasteiger partial charge is 0.102 e. The van der Waals surface area contributed by atoms with Crippen molar-refractivity contribution in [1.82, 2.24) is 10.2 Å². The third kappa shape index (κ3) is 2.81. The molecule has 0 aromatic carbocycles. The molecule has 1 atom stereocenters. The van der Waals surface area contributed by atoms with Crippen LogP contribution in [0.25, 0.3) is 0 Å². The first-order valence-electron chi connectivity index (χ1n) is 7.61. The van der Waals surface area contributed by atoms with E-state index in [2.05, 4.69) is 40.3 Å². The zero-order valence-electron chi connectivity index (χ0n) is 12.1. The van der Waals surface area contributed by atoms with Crippen molar-refractivity contribution in [2.45, 2.75) is 44.8 Å². The van der Waals surface area contributed by atoms with Gasteiger partial charge in [0.15, 0.2) is 0 Å². The number of allylic oxidation sites excluding steroid dienone is 4. The van der Waals surface area contributed by atoms with Gasteiger partial charge in [-0.15, -0.1) is 0 Å². The summed E-state index contributed by atoms with van der Waals surface area (Å²) < 4.78 is 12.3. The minimum absolute atomic E-state index is 0.214. The number of hydrogen-bond donors (Lipinski definition) is 1. The average molecular weight is 278 g/mol. The Morgan fingerprint density at radius 2 is 2.15 bits per heavy atom. The zero-order chi connectivity index (χ0) is 13.9. The van der Waals surface area contributed by atoms with Gasteiger partial charge < -0.3 is 10.2 Å². The molecule has 4 heteroatoms. The van der Waals surface area contributed by atoms with Gasteiger partial charge in [0, 0.05) is 31.4 Å². The Hall–Kier alpha value is -1.13. The molecule has 0 radical (unpaired) electrons. The van der Waals surface area contributed by atoms with Crippen LogP contribution in [-0.2, 0) is 4.94 Å². The third-order valence-electron chi connectivity index (χ3n) is 4.57. The lowest BCUT2D eigenvalue weighted by atomic mass is 9.91. The highest BCUT2D eigenvalue weighted by atomic mass is 19.3. The molecule has 1 saturated heterocycles. The van der Waals surface area contributed by atoms with Crippen molar-refractivity contribution in [2.24, 2.45) is 0 Å². The first kappa shape index (κ1) is 13.8. The molecule has 0 amide bonds. The first-order valence-corrected chi connectivity index (χ1v) is 7.61. The molecule has 3 rings (SSSR count). The van der Waals surface area contributed by atoms with Crippen LogP contribution >= 0.6 is 0 Å². The van der Waals surface area contributed by atoms with Gasteiger partial charge in [0.05, 0.1) is 0 Å². The van der Waals surface area contributed by atoms with Gasteiger partial charge in [-0.25, -0.2) is 0 Å². The summed E-state index contributed by atoms with van der Waals surface area (Å²) in [5, 5.41) is 3.54. The lowest BCUT2D eigenvalue weighted by Crippen LogP contribution is -2.39. The van der Waals surface area contributed by atoms with E-state index in [9.17, 15) is 4.53 Å². The second kappa shape index (κ2) is 6.10. The molecule has 2 aliphatic heterocycles. The Morgan fingerprint density at radius 1 is 1.35 bits per heavy atom. The molecule has 2 heterocycles. The van der Waals surface area contributed by atoms with Gasteiger partial charge in [-0.3, -0.25) is 0 Å². The van der Waals surface area contributed by atoms with E-state index in [1.165, 1.54) is 16.8 Å². The highest BCUT2D eigenvalue weighted by Gasteiger charge is 2.27. The largest absolute Gasteiger partial charge is 0.371 e. The third-order valence-corrected chi connectivity index (χ3v) is 4.57. The van der Waals surface area contributed by atoms with Gasteiger partial charge in [0.2, 0.25) is 0 Å². The molecule has 0 saturated carbocycles. The Labute approximate surface area is 120 Å². The fraction of sp³-hybridized carbons (Fsp3) is 0.625. The standard InChI is InChI=1S/C16H23FN2O/c1-12-10-15-13(11-18-12)4-2-3-5-16(15)19-8-6-14(20-17)7-9-19/h2-3,5,12,14,18H,4,6-11H2,1H3. The summed E-state index contributed by atoms with van der Waals surface area (Å²) in [5.41, 5.74) is 4.35. The molecular weight excluding hydrogens is 255 g/mol. The molecule has 0 bridgehead atoms. The number of hydrogen-bond acceptors (Lipinski definition) is 3. The Balaban J connectivity index is 1.80. The van der Waals surface area contributed by atoms with Crippen molar-refractivity contribution in [3.05, 3.63) is 35.1 Å². The number of halogens is 1. The van der Waals surface area contributed by atoms with Gasteiger partial charge >= 0.3 is 0 Å². The molecule has 1 N–H and O–H groups in total. The van der Waals surface area contributed by atoms with Crippen LogP contribution in [0.5, 0.6) is 0 Å². The molecule has 1 unspecified atom stereocenters. The number of piperidine rings is 1. The van der Waals surface area contributed by atoms with E-state index in [1.807, 2.05) is 0 Å². The van der Waals surface area contributed by atoms with E-state index in [1.54, 1.807) is 0 Å². The predicted molar refractivity (Wildman–Crippen MR) is 77.7 cm³/mol. The van der Waals surface area contributed by atoms with E-state index in [0.717, 1.165) is 45.3 Å². The van der Waals surface area contributed by atoms with Crippen molar-refractivity contribution in [3.8, 4) is 0 Å². The fourth-order valence-corrected chi connectivity index (χ4v) is 3.36. The molecule has 20 heavy (non-hydrogen) atoms. The minimum Gasteiger partial charge on any atom is -0.371 e. The summed E-state index contributed by atoms with van der Waals surface area (Å²) in [6, 6.07) is 0.530. The molecule has 110 valence electrons. The van der Waals surface area contributed by atoms with E-state index in [4.69, 9.17) is 0 Å². The van der Waals surface area contributed by atoms with E-state index >= 15 is 0 Å². The molecule has 0 aromatic heterocycles. The number of rotatable bonds is 2. The van der Waals surface area contributed by atoms with Crippen LogP contribution < -0.4 is 5.32 Å². The second-order valence-corrected chi connectivity index (χ2v) is 6.03. The first-order chi connectivity index (χ1) is 9.78. The maximum absolute atomic E-state index is 12.3. The summed E-state index contributed by atoms with van der Waals surface area (Å²) in [6.45, 7) is 4.99. The average Bonchev–Trinajstić information content (AvgIpc) is 2.69. The summed E-state index contributed by atoms with van der Waals surface area (Å²) in [7, 11) is 0. The van der Waals surface area contributed by atoms with Gasteiger partial charge in [0.25, 0.3) is 0 Å². The van der Waals surface area contributed by atoms with Gasteiger partial charge in [-0.05, 0) is 54.4 Å². The summed E-state index contributed by atoms with van der Waals surface area (Å²) in [4.78, 5) is 6.39. The highest BCUT2D eigenvalue weighted by molar-refractivity contribution is 5.42. The van der Waals surface area contributed by atoms with E-state index < -0.39 is 0 Å². The Kier molecular flexibility index (Phi) is 4.22. The number of nitrogens with zero attached hydrogens (tertiary/aromatic N) is 1. The van der Waals surface area contributed by atoms with Crippen LogP contribution in [0.4, 0.5) is 4.53 Å². The molecule has 3 nitrogen and oxygen atoms in total. The van der Waals surface area contributed by atoms with Crippen LogP contribution in [0, 0.1) is 0 Å². The molecule has 1 fully saturated rings. The topological polar surface area (TPSA) is 24.5 Å². The monoisotopic (exact) mass is 278 g/mol. The molecular formula is C16H23FN2O. The summed E-state index contributed by atoms with van der Waals surface area (Å²) >= 11 is 0. The molecule has 1 aliphatic carbocycles. The summed E-state index contributed by atoms with van der Waals surface area (Å²) in [5.74, 6) is 0. The Bertz CT molecular complexity index is 447. The Morgan fingerprint density at radius 3 is 2.90 bits per heavy atom. The SMILES string of the molecule is CC1CC2=C(CC=CC=C2N2CCC(OF)CC2)CN1. The normalized spacial score (nSPS) is 28.2. The highest BCUT2D eigenvalue weighted by Crippen LogP contribution is 2.32. The van der Waals surface area contributed by atoms with E-state index in [0.29, 0.717) is 6.04 Å². The molecule has 3 aliphatic rings. The molecule has 0 aromatic rings. The van der Waals surface area contributed by atoms with Gasteiger partial charge in [0.1, 0.15) is 6.10 Å². The molecule has 0 spiro atoms. The van der Waals surface area contributed by atoms with Crippen molar-refractivity contribution in [3.63, 3.8) is 0 Å². The second-order valence-electron chi connectivity index (χ2n) is 6.03. The fourth-order valence-electron chi connectivity index (χ4n) is 3.36. The van der Waals surface area contributed by atoms with Crippen molar-refractivity contribution in [1.29, 1.82) is 0 Å². The minimum atomic E-state index is -0.214. The quantitative estimate of drug-likeness (QED) is 0.840. The van der Waals surface area contributed by atoms with Crippen LogP contribution in [0.2, 0.25) is 0 Å². The van der Waals surface area contributed by atoms with Crippen LogP contribution in [0.1, 0.15) is 32.6 Å². The number of nitrogens with one attached hydrogen (secondary N) is 1. The van der Waals surface area contributed by atoms with Crippen molar-refractivity contribution < 1.29 is 9.47 Å².